The van der Waals surface area contributed by atoms with Gasteiger partial charge in [0.15, 0.2) is 6.73 Å². The van der Waals surface area contributed by atoms with Crippen molar-refractivity contribution in [2.24, 2.45) is 0 Å². The SMILES string of the molecule is CCOC(=O)/C=C(\CC)c1cccc2c1OCN(C(=O)OC(C)(C)C)C2. The molecule has 0 spiro atoms. The van der Waals surface area contributed by atoms with Crippen molar-refractivity contribution in [3.8, 4) is 5.75 Å². The van der Waals surface area contributed by atoms with Gasteiger partial charge in [0, 0.05) is 17.2 Å². The van der Waals surface area contributed by atoms with Crippen LogP contribution in [-0.4, -0.2) is 35.9 Å². The van der Waals surface area contributed by atoms with E-state index in [4.69, 9.17) is 14.2 Å². The second-order valence-corrected chi connectivity index (χ2v) is 7.02. The first kappa shape index (κ1) is 19.8. The Morgan fingerprint density at radius 2 is 2.00 bits per heavy atom. The molecule has 1 aromatic carbocycles. The first-order chi connectivity index (χ1) is 12.2. The van der Waals surface area contributed by atoms with Crippen molar-refractivity contribution in [1.29, 1.82) is 0 Å². The van der Waals surface area contributed by atoms with Crippen LogP contribution in [0.4, 0.5) is 4.79 Å². The molecule has 0 radical (unpaired) electrons. The van der Waals surface area contributed by atoms with Gasteiger partial charge in [0.1, 0.15) is 11.4 Å². The maximum atomic E-state index is 12.3. The molecule has 1 aliphatic heterocycles. The molecule has 1 aliphatic rings. The molecule has 0 aliphatic carbocycles. The van der Waals surface area contributed by atoms with Crippen molar-refractivity contribution in [1.82, 2.24) is 4.90 Å². The number of fused-ring (bicyclic) bond motifs is 1. The van der Waals surface area contributed by atoms with Gasteiger partial charge in [-0.2, -0.15) is 0 Å². The molecule has 2 rings (SSSR count). The molecule has 26 heavy (non-hydrogen) atoms. The average molecular weight is 361 g/mol. The molecule has 0 unspecified atom stereocenters. The average Bonchev–Trinajstić information content (AvgIpc) is 2.57. The van der Waals surface area contributed by atoms with E-state index < -0.39 is 11.7 Å². The van der Waals surface area contributed by atoms with Crippen molar-refractivity contribution in [2.75, 3.05) is 13.3 Å². The Labute approximate surface area is 154 Å². The smallest absolute Gasteiger partial charge is 0.413 e. The van der Waals surface area contributed by atoms with Crippen molar-refractivity contribution in [3.05, 3.63) is 35.4 Å². The van der Waals surface area contributed by atoms with E-state index in [0.29, 0.717) is 25.3 Å². The predicted molar refractivity (Wildman–Crippen MR) is 98.6 cm³/mol. The van der Waals surface area contributed by atoms with E-state index in [9.17, 15) is 9.59 Å². The number of para-hydroxylation sites is 1. The fraction of sp³-hybridized carbons (Fsp3) is 0.500. The zero-order valence-electron chi connectivity index (χ0n) is 16.1. The van der Waals surface area contributed by atoms with Crippen LogP contribution in [0.3, 0.4) is 0 Å². The van der Waals surface area contributed by atoms with Gasteiger partial charge in [-0.05, 0) is 39.7 Å². The van der Waals surface area contributed by atoms with Crippen LogP contribution >= 0.6 is 0 Å². The van der Waals surface area contributed by atoms with E-state index in [1.807, 2.05) is 45.9 Å². The summed E-state index contributed by atoms with van der Waals surface area (Å²) in [5, 5.41) is 0. The summed E-state index contributed by atoms with van der Waals surface area (Å²) >= 11 is 0. The van der Waals surface area contributed by atoms with Crippen molar-refractivity contribution >= 4 is 17.6 Å². The minimum atomic E-state index is -0.559. The molecule has 1 amide bonds. The number of esters is 1. The first-order valence-corrected chi connectivity index (χ1v) is 8.85. The Hall–Kier alpha value is -2.50. The molecule has 0 fully saturated rings. The van der Waals surface area contributed by atoms with Crippen LogP contribution in [0.1, 0.15) is 52.2 Å². The lowest BCUT2D eigenvalue weighted by atomic mass is 9.98. The van der Waals surface area contributed by atoms with Crippen LogP contribution in [0, 0.1) is 0 Å². The van der Waals surface area contributed by atoms with Gasteiger partial charge in [-0.3, -0.25) is 4.90 Å². The standard InChI is InChI=1S/C20H27NO5/c1-6-14(11-17(22)24-7-2)16-10-8-9-15-12-21(13-25-18(15)16)19(23)26-20(3,4)5/h8-11H,6-7,12-13H2,1-5H3/b14-11+. The maximum absolute atomic E-state index is 12.3. The molecular formula is C20H27NO5. The summed E-state index contributed by atoms with van der Waals surface area (Å²) in [6, 6.07) is 5.72. The summed E-state index contributed by atoms with van der Waals surface area (Å²) in [4.78, 5) is 25.6. The number of rotatable bonds is 4. The van der Waals surface area contributed by atoms with Gasteiger partial charge in [0.25, 0.3) is 0 Å². The highest BCUT2D eigenvalue weighted by Crippen LogP contribution is 2.35. The fourth-order valence-electron chi connectivity index (χ4n) is 2.67. The first-order valence-electron chi connectivity index (χ1n) is 8.85. The molecule has 0 N–H and O–H groups in total. The van der Waals surface area contributed by atoms with Gasteiger partial charge in [-0.1, -0.05) is 25.1 Å². The normalized spacial score (nSPS) is 14.3. The minimum absolute atomic E-state index is 0.106. The van der Waals surface area contributed by atoms with Crippen LogP contribution < -0.4 is 4.74 Å². The molecule has 6 nitrogen and oxygen atoms in total. The highest BCUT2D eigenvalue weighted by Gasteiger charge is 2.28. The maximum Gasteiger partial charge on any atom is 0.413 e. The van der Waals surface area contributed by atoms with Gasteiger partial charge in [-0.25, -0.2) is 9.59 Å². The molecule has 1 heterocycles. The lowest BCUT2D eigenvalue weighted by molar-refractivity contribution is -0.137. The third-order valence-electron chi connectivity index (χ3n) is 3.78. The molecule has 6 heteroatoms. The Balaban J connectivity index is 2.25. The van der Waals surface area contributed by atoms with E-state index in [0.717, 1.165) is 16.7 Å². The fourth-order valence-corrected chi connectivity index (χ4v) is 2.67. The van der Waals surface area contributed by atoms with Crippen LogP contribution in [0.25, 0.3) is 5.57 Å². The zero-order valence-corrected chi connectivity index (χ0v) is 16.1. The molecule has 0 saturated heterocycles. The summed E-state index contributed by atoms with van der Waals surface area (Å²) in [7, 11) is 0. The summed E-state index contributed by atoms with van der Waals surface area (Å²) in [6.07, 6.45) is 1.75. The van der Waals surface area contributed by atoms with Crippen LogP contribution in [0.15, 0.2) is 24.3 Å². The largest absolute Gasteiger partial charge is 0.472 e. The Bertz CT molecular complexity index is 703. The van der Waals surface area contributed by atoms with Gasteiger partial charge < -0.3 is 14.2 Å². The Morgan fingerprint density at radius 1 is 1.27 bits per heavy atom. The zero-order chi connectivity index (χ0) is 19.3. The van der Waals surface area contributed by atoms with E-state index in [1.54, 1.807) is 6.92 Å². The quantitative estimate of drug-likeness (QED) is 0.596. The number of allylic oxidation sites excluding steroid dienone is 1. The van der Waals surface area contributed by atoms with E-state index >= 15 is 0 Å². The second kappa shape index (κ2) is 8.25. The summed E-state index contributed by atoms with van der Waals surface area (Å²) < 4.78 is 16.3. The van der Waals surface area contributed by atoms with Crippen LogP contribution in [0.2, 0.25) is 0 Å². The predicted octanol–water partition coefficient (Wildman–Crippen LogP) is 4.13. The molecule has 1 aromatic rings. The van der Waals surface area contributed by atoms with Gasteiger partial charge in [-0.15, -0.1) is 0 Å². The van der Waals surface area contributed by atoms with E-state index in [1.165, 1.54) is 11.0 Å². The van der Waals surface area contributed by atoms with Crippen LogP contribution in [0.5, 0.6) is 5.75 Å². The number of benzene rings is 1. The summed E-state index contributed by atoms with van der Waals surface area (Å²) in [6.45, 7) is 10.1. The number of hydrogen-bond acceptors (Lipinski definition) is 5. The van der Waals surface area contributed by atoms with Crippen molar-refractivity contribution in [2.45, 2.75) is 53.2 Å². The molecule has 142 valence electrons. The number of carbonyl (C=O) groups is 2. The Kier molecular flexibility index (Phi) is 6.29. The number of ether oxygens (including phenoxy) is 3. The molecule has 0 saturated carbocycles. The highest BCUT2D eigenvalue weighted by molar-refractivity contribution is 5.92. The third kappa shape index (κ3) is 5.00. The second-order valence-electron chi connectivity index (χ2n) is 7.02. The molecular weight excluding hydrogens is 334 g/mol. The highest BCUT2D eigenvalue weighted by atomic mass is 16.6. The van der Waals surface area contributed by atoms with E-state index in [-0.39, 0.29) is 12.7 Å². The number of hydrogen-bond donors (Lipinski definition) is 0. The van der Waals surface area contributed by atoms with Crippen LogP contribution in [-0.2, 0) is 20.8 Å². The van der Waals surface area contributed by atoms with Gasteiger partial charge >= 0.3 is 12.1 Å². The summed E-state index contributed by atoms with van der Waals surface area (Å²) in [5.74, 6) is 0.331. The molecule has 0 bridgehead atoms. The number of amides is 1. The monoisotopic (exact) mass is 361 g/mol. The minimum Gasteiger partial charge on any atom is -0.472 e. The third-order valence-corrected chi connectivity index (χ3v) is 3.78. The lowest BCUT2D eigenvalue weighted by Crippen LogP contribution is -2.40. The van der Waals surface area contributed by atoms with Crippen molar-refractivity contribution < 1.29 is 23.8 Å². The molecule has 0 aromatic heterocycles. The topological polar surface area (TPSA) is 65.1 Å². The van der Waals surface area contributed by atoms with E-state index in [2.05, 4.69) is 0 Å². The van der Waals surface area contributed by atoms with Gasteiger partial charge in [0.2, 0.25) is 0 Å². The number of nitrogens with zero attached hydrogens (tertiary/aromatic N) is 1. The van der Waals surface area contributed by atoms with Gasteiger partial charge in [0.05, 0.1) is 13.2 Å². The molecule has 0 atom stereocenters. The number of carbonyl (C=O) groups excluding carboxylic acids is 2. The lowest BCUT2D eigenvalue weighted by Gasteiger charge is -2.32. The Morgan fingerprint density at radius 3 is 2.62 bits per heavy atom. The summed E-state index contributed by atoms with van der Waals surface area (Å²) in [5.41, 5.74) is 2.01. The van der Waals surface area contributed by atoms with Crippen molar-refractivity contribution in [3.63, 3.8) is 0 Å².